The van der Waals surface area contributed by atoms with Crippen LogP contribution in [0.1, 0.15) is 39.9 Å². The average molecular weight is 321 g/mol. The molecular formula is C20H19NO3. The summed E-state index contributed by atoms with van der Waals surface area (Å²) in [6, 6.07) is 13.7. The van der Waals surface area contributed by atoms with Crippen LogP contribution in [0.2, 0.25) is 0 Å². The van der Waals surface area contributed by atoms with Crippen molar-refractivity contribution in [3.05, 3.63) is 71.3 Å². The van der Waals surface area contributed by atoms with Crippen molar-refractivity contribution in [3.8, 4) is 5.75 Å². The predicted octanol–water partition coefficient (Wildman–Crippen LogP) is 4.22. The van der Waals surface area contributed by atoms with Gasteiger partial charge >= 0.3 is 5.97 Å². The lowest BCUT2D eigenvalue weighted by molar-refractivity contribution is 0.0696. The lowest BCUT2D eigenvalue weighted by Gasteiger charge is -2.37. The molecule has 1 heterocycles. The Morgan fingerprint density at radius 2 is 2.12 bits per heavy atom. The van der Waals surface area contributed by atoms with Crippen molar-refractivity contribution in [2.24, 2.45) is 5.92 Å². The maximum Gasteiger partial charge on any atom is 0.335 e. The van der Waals surface area contributed by atoms with E-state index in [0.717, 1.165) is 23.4 Å². The van der Waals surface area contributed by atoms with Crippen LogP contribution in [-0.2, 0) is 0 Å². The molecule has 4 rings (SSSR count). The van der Waals surface area contributed by atoms with E-state index in [-0.39, 0.29) is 12.0 Å². The van der Waals surface area contributed by atoms with Crippen LogP contribution in [0.5, 0.6) is 5.75 Å². The van der Waals surface area contributed by atoms with Crippen molar-refractivity contribution in [1.29, 1.82) is 0 Å². The van der Waals surface area contributed by atoms with E-state index in [9.17, 15) is 9.90 Å². The minimum Gasteiger partial charge on any atom is -0.497 e. The van der Waals surface area contributed by atoms with E-state index in [1.165, 1.54) is 5.56 Å². The van der Waals surface area contributed by atoms with E-state index in [4.69, 9.17) is 4.74 Å². The monoisotopic (exact) mass is 321 g/mol. The van der Waals surface area contributed by atoms with Crippen LogP contribution in [0, 0.1) is 5.92 Å². The molecule has 2 N–H and O–H groups in total. The molecule has 3 atom stereocenters. The zero-order chi connectivity index (χ0) is 16.7. The number of carbonyl (C=O) groups is 1. The fraction of sp³-hybridized carbons (Fsp3) is 0.250. The van der Waals surface area contributed by atoms with Crippen molar-refractivity contribution in [3.63, 3.8) is 0 Å². The second kappa shape index (κ2) is 5.71. The molecule has 0 unspecified atom stereocenters. The SMILES string of the molecule is COc1cccc([C@@H]2Nc3ccc(C(=O)O)cc3[C@H]3C=CC[C@H]32)c1. The summed E-state index contributed by atoms with van der Waals surface area (Å²) in [6.07, 6.45) is 5.39. The minimum atomic E-state index is -0.883. The predicted molar refractivity (Wildman–Crippen MR) is 92.7 cm³/mol. The van der Waals surface area contributed by atoms with E-state index in [0.29, 0.717) is 11.5 Å². The molecule has 0 spiro atoms. The lowest BCUT2D eigenvalue weighted by Crippen LogP contribution is -2.29. The maximum absolute atomic E-state index is 11.3. The second-order valence-corrected chi connectivity index (χ2v) is 6.36. The minimum absolute atomic E-state index is 0.184. The first kappa shape index (κ1) is 14.8. The summed E-state index contributed by atoms with van der Waals surface area (Å²) in [5.74, 6) is 0.598. The molecule has 0 bridgehead atoms. The van der Waals surface area contributed by atoms with Crippen molar-refractivity contribution < 1.29 is 14.6 Å². The first-order chi connectivity index (χ1) is 11.7. The third-order valence-electron chi connectivity index (χ3n) is 5.06. The van der Waals surface area contributed by atoms with Crippen LogP contribution in [0.4, 0.5) is 5.69 Å². The summed E-state index contributed by atoms with van der Waals surface area (Å²) >= 11 is 0. The number of fused-ring (bicyclic) bond motifs is 3. The highest BCUT2D eigenvalue weighted by Crippen LogP contribution is 2.50. The molecule has 0 aromatic heterocycles. The highest BCUT2D eigenvalue weighted by Gasteiger charge is 2.38. The Bertz CT molecular complexity index is 827. The van der Waals surface area contributed by atoms with Gasteiger partial charge in [-0.2, -0.15) is 0 Å². The number of benzene rings is 2. The van der Waals surface area contributed by atoms with Gasteiger partial charge in [0.05, 0.1) is 18.7 Å². The van der Waals surface area contributed by atoms with Gasteiger partial charge in [0.2, 0.25) is 0 Å². The Kier molecular flexibility index (Phi) is 3.53. The molecule has 1 aliphatic carbocycles. The maximum atomic E-state index is 11.3. The number of methoxy groups -OCH3 is 1. The number of aromatic carboxylic acids is 1. The van der Waals surface area contributed by atoms with Gasteiger partial charge in [-0.25, -0.2) is 4.79 Å². The molecule has 24 heavy (non-hydrogen) atoms. The van der Waals surface area contributed by atoms with Crippen molar-refractivity contribution in [2.45, 2.75) is 18.4 Å². The highest BCUT2D eigenvalue weighted by atomic mass is 16.5. The molecule has 2 aromatic rings. The van der Waals surface area contributed by atoms with Crippen molar-refractivity contribution in [2.75, 3.05) is 12.4 Å². The van der Waals surface area contributed by atoms with Gasteiger partial charge in [0.1, 0.15) is 5.75 Å². The third kappa shape index (κ3) is 2.35. The normalized spacial score (nSPS) is 24.0. The Morgan fingerprint density at radius 3 is 2.92 bits per heavy atom. The van der Waals surface area contributed by atoms with Crippen molar-refractivity contribution >= 4 is 11.7 Å². The van der Waals surface area contributed by atoms with Crippen LogP contribution in [0.3, 0.4) is 0 Å². The van der Waals surface area contributed by atoms with Gasteiger partial charge in [-0.3, -0.25) is 0 Å². The average Bonchev–Trinajstić information content (AvgIpc) is 3.10. The van der Waals surface area contributed by atoms with E-state index in [2.05, 4.69) is 29.6 Å². The van der Waals surface area contributed by atoms with Crippen molar-refractivity contribution in [1.82, 2.24) is 0 Å². The Balaban J connectivity index is 1.76. The fourth-order valence-corrected chi connectivity index (χ4v) is 3.89. The molecule has 4 heteroatoms. The molecule has 0 saturated carbocycles. The molecule has 0 amide bonds. The van der Waals surface area contributed by atoms with Gasteiger partial charge < -0.3 is 15.2 Å². The number of allylic oxidation sites excluding steroid dienone is 2. The third-order valence-corrected chi connectivity index (χ3v) is 5.06. The molecule has 4 nitrogen and oxygen atoms in total. The fourth-order valence-electron chi connectivity index (χ4n) is 3.89. The lowest BCUT2D eigenvalue weighted by atomic mass is 9.76. The second-order valence-electron chi connectivity index (χ2n) is 6.36. The Morgan fingerprint density at radius 1 is 1.25 bits per heavy atom. The van der Waals surface area contributed by atoms with E-state index < -0.39 is 5.97 Å². The number of carboxylic acid groups (broad SMARTS) is 1. The molecule has 0 fully saturated rings. The number of nitrogens with one attached hydrogen (secondary N) is 1. The first-order valence-corrected chi connectivity index (χ1v) is 8.12. The summed E-state index contributed by atoms with van der Waals surface area (Å²) in [4.78, 5) is 11.3. The summed E-state index contributed by atoms with van der Waals surface area (Å²) < 4.78 is 5.36. The summed E-state index contributed by atoms with van der Waals surface area (Å²) in [5, 5.41) is 12.9. The van der Waals surface area contributed by atoms with Crippen LogP contribution < -0.4 is 10.1 Å². The summed E-state index contributed by atoms with van der Waals surface area (Å²) in [7, 11) is 1.68. The van der Waals surface area contributed by atoms with Gasteiger partial charge in [0.25, 0.3) is 0 Å². The number of rotatable bonds is 3. The summed E-state index contributed by atoms with van der Waals surface area (Å²) in [5.41, 5.74) is 3.63. The van der Waals surface area contributed by atoms with E-state index >= 15 is 0 Å². The Hall–Kier alpha value is -2.75. The van der Waals surface area contributed by atoms with Gasteiger partial charge in [0, 0.05) is 11.6 Å². The number of carboxylic acids is 1. The molecule has 0 radical (unpaired) electrons. The summed E-state index contributed by atoms with van der Waals surface area (Å²) in [6.45, 7) is 0. The van der Waals surface area contributed by atoms with E-state index in [1.54, 1.807) is 19.2 Å². The largest absolute Gasteiger partial charge is 0.497 e. The van der Waals surface area contributed by atoms with Crippen LogP contribution in [0.15, 0.2) is 54.6 Å². The zero-order valence-electron chi connectivity index (χ0n) is 13.4. The van der Waals surface area contributed by atoms with E-state index in [1.807, 2.05) is 18.2 Å². The smallest absolute Gasteiger partial charge is 0.335 e. The van der Waals surface area contributed by atoms with Crippen LogP contribution in [-0.4, -0.2) is 18.2 Å². The van der Waals surface area contributed by atoms with Gasteiger partial charge in [-0.15, -0.1) is 0 Å². The molecular weight excluding hydrogens is 302 g/mol. The topological polar surface area (TPSA) is 58.6 Å². The molecule has 2 aliphatic rings. The quantitative estimate of drug-likeness (QED) is 0.831. The Labute approximate surface area is 140 Å². The molecule has 1 aliphatic heterocycles. The van der Waals surface area contributed by atoms with Crippen LogP contribution in [0.25, 0.3) is 0 Å². The molecule has 0 saturated heterocycles. The number of ether oxygens (including phenoxy) is 1. The highest BCUT2D eigenvalue weighted by molar-refractivity contribution is 5.89. The molecule has 2 aromatic carbocycles. The number of hydrogen-bond donors (Lipinski definition) is 2. The molecule has 122 valence electrons. The number of anilines is 1. The van der Waals surface area contributed by atoms with Crippen LogP contribution >= 0.6 is 0 Å². The van der Waals surface area contributed by atoms with Gasteiger partial charge in [0.15, 0.2) is 0 Å². The first-order valence-electron chi connectivity index (χ1n) is 8.12. The van der Waals surface area contributed by atoms with Gasteiger partial charge in [-0.1, -0.05) is 24.3 Å². The number of hydrogen-bond acceptors (Lipinski definition) is 3. The standard InChI is InChI=1S/C20H19NO3/c1-24-14-5-2-4-12(10-14)19-16-7-3-6-15(16)17-11-13(20(22)23)8-9-18(17)21-19/h2-6,8-11,15-16,19,21H,7H2,1H3,(H,22,23)/t15-,16+,19-/m0/s1. The zero-order valence-corrected chi connectivity index (χ0v) is 13.4. The van der Waals surface area contributed by atoms with Gasteiger partial charge in [-0.05, 0) is 53.8 Å².